The van der Waals surface area contributed by atoms with Crippen LogP contribution in [0.25, 0.3) is 0 Å². The van der Waals surface area contributed by atoms with Crippen molar-refractivity contribution < 1.29 is 28.7 Å². The zero-order valence-electron chi connectivity index (χ0n) is 36.2. The van der Waals surface area contributed by atoms with Crippen LogP contribution in [0.4, 0.5) is 0 Å². The lowest BCUT2D eigenvalue weighted by molar-refractivity contribution is -0.240. The molecular weight excluding hydrogens is 715 g/mol. The number of fused-ring (bicyclic) bond motifs is 6. The van der Waals surface area contributed by atoms with Crippen LogP contribution in [0.1, 0.15) is 139 Å². The van der Waals surface area contributed by atoms with Gasteiger partial charge in [0.15, 0.2) is 5.78 Å². The maximum atomic E-state index is 14.0. The number of carbonyl (C=O) groups is 4. The van der Waals surface area contributed by atoms with Crippen molar-refractivity contribution in [3.63, 3.8) is 0 Å². The SMILES string of the molecule is CC(C)C1=C2[C@H]3CC[C@@H]4[C@@]5(C)CC[C@H](OC(=O)[C@H]6C[C@@H](C(=O)OCc7ccccc7)C6(C)C)[C@@]6(C)C=N[C@]65CC[C@@]4(C)[C@]3(C)CCC2(NC(=O)C(C)(C)N)CC1=O. The van der Waals surface area contributed by atoms with Gasteiger partial charge in [-0.3, -0.25) is 24.2 Å². The first kappa shape index (κ1) is 40.4. The van der Waals surface area contributed by atoms with Crippen molar-refractivity contribution in [2.45, 2.75) is 163 Å². The monoisotopic (exact) mass is 782 g/mol. The van der Waals surface area contributed by atoms with E-state index in [9.17, 15) is 19.2 Å². The van der Waals surface area contributed by atoms with E-state index in [0.29, 0.717) is 18.8 Å². The molecule has 11 atom stereocenters. The second-order valence-corrected chi connectivity index (χ2v) is 21.9. The van der Waals surface area contributed by atoms with E-state index in [2.05, 4.69) is 53.1 Å². The molecule has 6 aliphatic carbocycles. The molecule has 9 nitrogen and oxygen atoms in total. The Balaban J connectivity index is 1.01. The molecule has 1 aromatic rings. The van der Waals surface area contributed by atoms with Crippen LogP contribution in [0.15, 0.2) is 46.5 Å². The van der Waals surface area contributed by atoms with Crippen LogP contribution in [0.2, 0.25) is 0 Å². The van der Waals surface area contributed by atoms with Crippen molar-refractivity contribution in [2.24, 2.45) is 67.4 Å². The molecule has 310 valence electrons. The van der Waals surface area contributed by atoms with Gasteiger partial charge in [0, 0.05) is 12.6 Å². The Labute approximate surface area is 340 Å². The van der Waals surface area contributed by atoms with Crippen molar-refractivity contribution in [3.8, 4) is 0 Å². The molecule has 8 rings (SSSR count). The molecule has 9 heteroatoms. The van der Waals surface area contributed by atoms with Crippen molar-refractivity contribution in [2.75, 3.05) is 0 Å². The van der Waals surface area contributed by atoms with Crippen LogP contribution < -0.4 is 11.1 Å². The number of nitrogens with one attached hydrogen (secondary N) is 1. The summed E-state index contributed by atoms with van der Waals surface area (Å²) >= 11 is 0. The van der Waals surface area contributed by atoms with Crippen molar-refractivity contribution in [1.82, 2.24) is 5.32 Å². The number of nitrogens with two attached hydrogens (primary N) is 1. The molecule has 0 aromatic heterocycles. The molecule has 1 heterocycles. The number of amides is 1. The summed E-state index contributed by atoms with van der Waals surface area (Å²) in [4.78, 5) is 60.0. The van der Waals surface area contributed by atoms with Gasteiger partial charge >= 0.3 is 11.9 Å². The fourth-order valence-corrected chi connectivity index (χ4v) is 14.4. The minimum absolute atomic E-state index is 0.0183. The highest BCUT2D eigenvalue weighted by Crippen LogP contribution is 2.78. The zero-order valence-corrected chi connectivity index (χ0v) is 36.2. The highest BCUT2D eigenvalue weighted by molar-refractivity contribution is 6.02. The highest BCUT2D eigenvalue weighted by Gasteiger charge is 2.78. The summed E-state index contributed by atoms with van der Waals surface area (Å²) in [5, 5.41) is 3.40. The number of Topliss-reactive ketones (excluding diaryl/α,β-unsaturated/α-hetero) is 1. The van der Waals surface area contributed by atoms with Crippen LogP contribution in [0.3, 0.4) is 0 Å². The first-order chi connectivity index (χ1) is 26.5. The van der Waals surface area contributed by atoms with Crippen LogP contribution in [0.5, 0.6) is 0 Å². The number of aliphatic imine (C=N–C) groups is 1. The number of benzene rings is 1. The van der Waals surface area contributed by atoms with Crippen LogP contribution in [0, 0.1) is 56.7 Å². The predicted molar refractivity (Wildman–Crippen MR) is 220 cm³/mol. The smallest absolute Gasteiger partial charge is 0.309 e. The largest absolute Gasteiger partial charge is 0.461 e. The van der Waals surface area contributed by atoms with E-state index in [1.807, 2.05) is 44.2 Å². The van der Waals surface area contributed by atoms with Gasteiger partial charge < -0.3 is 20.5 Å². The third-order valence-corrected chi connectivity index (χ3v) is 18.2. The Bertz CT molecular complexity index is 1950. The first-order valence-electron chi connectivity index (χ1n) is 21.9. The highest BCUT2D eigenvalue weighted by atomic mass is 16.5. The van der Waals surface area contributed by atoms with E-state index >= 15 is 0 Å². The van der Waals surface area contributed by atoms with Gasteiger partial charge in [0.1, 0.15) is 12.7 Å². The average molecular weight is 782 g/mol. The molecule has 1 amide bonds. The lowest BCUT2D eigenvalue weighted by Gasteiger charge is -2.76. The van der Waals surface area contributed by atoms with Gasteiger partial charge in [0.2, 0.25) is 5.91 Å². The summed E-state index contributed by atoms with van der Waals surface area (Å²) in [7, 11) is 0. The molecule has 5 fully saturated rings. The summed E-state index contributed by atoms with van der Waals surface area (Å²) in [5.74, 6) is -0.540. The zero-order chi connectivity index (χ0) is 41.4. The second-order valence-electron chi connectivity index (χ2n) is 21.9. The molecule has 0 saturated heterocycles. The second kappa shape index (κ2) is 12.8. The third-order valence-electron chi connectivity index (χ3n) is 18.2. The lowest BCUT2D eigenvalue weighted by atomic mass is 9.30. The van der Waals surface area contributed by atoms with Crippen LogP contribution >= 0.6 is 0 Å². The minimum Gasteiger partial charge on any atom is -0.461 e. The Hall–Kier alpha value is -3.33. The number of hydrogen-bond acceptors (Lipinski definition) is 8. The molecule has 1 aliphatic heterocycles. The number of allylic oxidation sites excluding steroid dienone is 1. The molecule has 3 N–H and O–H groups in total. The molecule has 7 aliphatic rings. The minimum atomic E-state index is -1.05. The Kier molecular flexibility index (Phi) is 9.11. The maximum absolute atomic E-state index is 14.0. The predicted octanol–water partition coefficient (Wildman–Crippen LogP) is 8.08. The van der Waals surface area contributed by atoms with Crippen molar-refractivity contribution in [1.29, 1.82) is 0 Å². The van der Waals surface area contributed by atoms with Gasteiger partial charge in [0.25, 0.3) is 0 Å². The number of esters is 2. The number of nitrogens with zero attached hydrogens (tertiary/aromatic N) is 1. The molecule has 0 bridgehead atoms. The molecule has 57 heavy (non-hydrogen) atoms. The number of hydrogen-bond donors (Lipinski definition) is 2. The number of rotatable bonds is 8. The van der Waals surface area contributed by atoms with Gasteiger partial charge in [-0.25, -0.2) is 0 Å². The van der Waals surface area contributed by atoms with Gasteiger partial charge in [0.05, 0.1) is 33.9 Å². The molecule has 1 unspecified atom stereocenters. The number of ketones is 1. The van der Waals surface area contributed by atoms with Crippen LogP contribution in [-0.4, -0.2) is 52.6 Å². The first-order valence-corrected chi connectivity index (χ1v) is 21.9. The topological polar surface area (TPSA) is 137 Å². The van der Waals surface area contributed by atoms with E-state index in [0.717, 1.165) is 62.5 Å². The molecule has 1 spiro atoms. The van der Waals surface area contributed by atoms with Crippen molar-refractivity contribution >= 4 is 29.8 Å². The summed E-state index contributed by atoms with van der Waals surface area (Å²) in [6.07, 6.45) is 9.86. The molecule has 1 aromatic carbocycles. The third kappa shape index (κ3) is 5.37. The number of carbonyl (C=O) groups excluding carboxylic acids is 4. The van der Waals surface area contributed by atoms with E-state index in [1.165, 1.54) is 5.57 Å². The fourth-order valence-electron chi connectivity index (χ4n) is 14.4. The average Bonchev–Trinajstić information content (AvgIpc) is 3.43. The Morgan fingerprint density at radius 3 is 2.16 bits per heavy atom. The lowest BCUT2D eigenvalue weighted by Crippen LogP contribution is -2.77. The van der Waals surface area contributed by atoms with E-state index in [1.54, 1.807) is 13.8 Å². The summed E-state index contributed by atoms with van der Waals surface area (Å²) in [6, 6.07) is 9.68. The van der Waals surface area contributed by atoms with Gasteiger partial charge in [-0.1, -0.05) is 78.8 Å². The normalized spacial score (nSPS) is 42.7. The molecular formula is C48H67N3O6. The van der Waals surface area contributed by atoms with E-state index < -0.39 is 16.5 Å². The van der Waals surface area contributed by atoms with E-state index in [4.69, 9.17) is 20.2 Å². The summed E-state index contributed by atoms with van der Waals surface area (Å²) in [5.41, 5.74) is 6.23. The Morgan fingerprint density at radius 1 is 0.877 bits per heavy atom. The summed E-state index contributed by atoms with van der Waals surface area (Å²) in [6.45, 7) is 21.7. The molecule has 0 radical (unpaired) electrons. The van der Waals surface area contributed by atoms with Crippen molar-refractivity contribution in [3.05, 3.63) is 47.0 Å². The summed E-state index contributed by atoms with van der Waals surface area (Å²) < 4.78 is 12.3. The van der Waals surface area contributed by atoms with E-state index in [-0.39, 0.29) is 87.2 Å². The number of ether oxygens (including phenoxy) is 2. The standard InChI is InChI=1S/C48H67N3O6/c1-28(2)36-33(52)25-47(51-40(55)42(5,6)49)22-20-43(7)30(37(36)47)16-17-34-44(43,8)21-23-48-45(34,9)19-18-35(46(48,10)27-50-48)57-39(54)32-24-31(41(32,3)4)38(53)56-26-29-14-12-11-13-15-29/h11-15,27-28,30-32,34-35H,16-26,49H2,1-10H3,(H,51,55)/t30-,31+,32-,34+,35+,43-,44-,45-,46-,47?,48+/m1/s1. The maximum Gasteiger partial charge on any atom is 0.309 e. The van der Waals surface area contributed by atoms with Gasteiger partial charge in [-0.05, 0) is 135 Å². The van der Waals surface area contributed by atoms with Crippen LogP contribution in [-0.2, 0) is 35.3 Å². The molecule has 5 saturated carbocycles. The van der Waals surface area contributed by atoms with Gasteiger partial charge in [-0.2, -0.15) is 0 Å². The fraction of sp³-hybridized carbons (Fsp3) is 0.729. The van der Waals surface area contributed by atoms with Gasteiger partial charge in [-0.15, -0.1) is 0 Å². The Morgan fingerprint density at radius 2 is 1.54 bits per heavy atom. The quantitative estimate of drug-likeness (QED) is 0.255.